The summed E-state index contributed by atoms with van der Waals surface area (Å²) in [6.07, 6.45) is 5.94. The first-order valence-corrected chi connectivity index (χ1v) is 11.9. The van der Waals surface area contributed by atoms with Crippen LogP contribution in [-0.4, -0.2) is 51.4 Å². The highest BCUT2D eigenvalue weighted by Crippen LogP contribution is 2.32. The number of hydrogen-bond donors (Lipinski definition) is 3. The van der Waals surface area contributed by atoms with E-state index < -0.39 is 21.7 Å². The molecular formula is C20H18F2N8O2S. The smallest absolute Gasteiger partial charge is 0.209 e. The first kappa shape index (κ1) is 21.4. The van der Waals surface area contributed by atoms with E-state index in [1.165, 1.54) is 24.7 Å². The number of H-pyrrole nitrogens is 1. The Balaban J connectivity index is 1.53. The normalized spacial score (nSPS) is 13.9. The zero-order valence-corrected chi connectivity index (χ0v) is 18.2. The molecule has 1 aliphatic rings. The van der Waals surface area contributed by atoms with E-state index in [0.29, 0.717) is 52.9 Å². The standard InChI is InChI=1S/C20H18F2N8O2S/c1-33(31,32)27-9-15-24-5-11(6-25-15)18-19-14(29-30-18)8-26-20(28-19)16-13(21)4-10-2-3-23-7-12(10)17(16)22/h4-6,8,23,27H,2-3,7,9H2,1H3,(H,29,30). The zero-order chi connectivity index (χ0) is 23.2. The third kappa shape index (κ3) is 4.17. The molecular weight excluding hydrogens is 454 g/mol. The van der Waals surface area contributed by atoms with Crippen molar-refractivity contribution in [3.8, 4) is 22.6 Å². The molecule has 3 N–H and O–H groups in total. The number of fused-ring (bicyclic) bond motifs is 2. The molecule has 0 saturated heterocycles. The minimum atomic E-state index is -3.38. The van der Waals surface area contributed by atoms with Gasteiger partial charge in [-0.15, -0.1) is 0 Å². The molecule has 1 aliphatic heterocycles. The molecule has 4 heterocycles. The van der Waals surface area contributed by atoms with Crippen LogP contribution in [0.2, 0.25) is 0 Å². The van der Waals surface area contributed by atoms with Crippen molar-refractivity contribution in [3.05, 3.63) is 53.2 Å². The molecule has 0 spiro atoms. The van der Waals surface area contributed by atoms with E-state index in [1.54, 1.807) is 0 Å². The van der Waals surface area contributed by atoms with Gasteiger partial charge in [0.15, 0.2) is 5.82 Å². The van der Waals surface area contributed by atoms with E-state index in [4.69, 9.17) is 0 Å². The van der Waals surface area contributed by atoms with Gasteiger partial charge in [-0.25, -0.2) is 41.9 Å². The van der Waals surface area contributed by atoms with Crippen molar-refractivity contribution in [2.45, 2.75) is 19.5 Å². The maximum atomic E-state index is 15.2. The lowest BCUT2D eigenvalue weighted by Gasteiger charge is -2.19. The Kier molecular flexibility index (Phi) is 5.31. The van der Waals surface area contributed by atoms with E-state index in [1.807, 2.05) is 0 Å². The Bertz CT molecular complexity index is 1470. The molecule has 3 aromatic heterocycles. The summed E-state index contributed by atoms with van der Waals surface area (Å²) in [6.45, 7) is 0.918. The Morgan fingerprint density at radius 3 is 2.70 bits per heavy atom. The van der Waals surface area contributed by atoms with Gasteiger partial charge in [-0.05, 0) is 24.6 Å². The van der Waals surface area contributed by atoms with E-state index in [0.717, 1.165) is 6.26 Å². The van der Waals surface area contributed by atoms with E-state index in [-0.39, 0.29) is 23.8 Å². The topological polar surface area (TPSA) is 138 Å². The molecule has 170 valence electrons. The summed E-state index contributed by atoms with van der Waals surface area (Å²) in [6, 6.07) is 1.34. The SMILES string of the molecule is CS(=O)(=O)NCc1ncc(-c2n[nH]c3cnc(-c4c(F)cc5c(c4F)CNCC5)nc23)cn1. The lowest BCUT2D eigenvalue weighted by atomic mass is 9.96. The van der Waals surface area contributed by atoms with Gasteiger partial charge < -0.3 is 5.32 Å². The molecule has 0 aliphatic carbocycles. The largest absolute Gasteiger partial charge is 0.312 e. The Morgan fingerprint density at radius 1 is 1.15 bits per heavy atom. The summed E-state index contributed by atoms with van der Waals surface area (Å²) >= 11 is 0. The van der Waals surface area contributed by atoms with E-state index >= 15 is 4.39 Å². The van der Waals surface area contributed by atoms with Crippen LogP contribution in [0.3, 0.4) is 0 Å². The second-order valence-corrected chi connectivity index (χ2v) is 9.45. The van der Waals surface area contributed by atoms with Crippen molar-refractivity contribution in [2.75, 3.05) is 12.8 Å². The number of hydrogen-bond acceptors (Lipinski definition) is 8. The van der Waals surface area contributed by atoms with Gasteiger partial charge in [0.1, 0.15) is 34.2 Å². The third-order valence-corrected chi connectivity index (χ3v) is 5.95. The van der Waals surface area contributed by atoms with Crippen LogP contribution in [0, 0.1) is 11.6 Å². The van der Waals surface area contributed by atoms with Crippen LogP contribution in [0.15, 0.2) is 24.7 Å². The fourth-order valence-electron chi connectivity index (χ4n) is 3.66. The number of aromatic nitrogens is 6. The minimum absolute atomic E-state index is 0.0571. The highest BCUT2D eigenvalue weighted by atomic mass is 32.2. The minimum Gasteiger partial charge on any atom is -0.312 e. The second-order valence-electron chi connectivity index (χ2n) is 7.62. The predicted octanol–water partition coefficient (Wildman–Crippen LogP) is 1.45. The molecule has 4 aromatic rings. The molecule has 33 heavy (non-hydrogen) atoms. The van der Waals surface area contributed by atoms with Gasteiger partial charge in [0.25, 0.3) is 0 Å². The fourth-order valence-corrected chi connectivity index (χ4v) is 4.05. The van der Waals surface area contributed by atoms with E-state index in [9.17, 15) is 12.8 Å². The molecule has 0 unspecified atom stereocenters. The highest BCUT2D eigenvalue weighted by molar-refractivity contribution is 7.88. The summed E-state index contributed by atoms with van der Waals surface area (Å²) in [5.74, 6) is -1.22. The van der Waals surface area contributed by atoms with Crippen LogP contribution in [-0.2, 0) is 29.5 Å². The van der Waals surface area contributed by atoms with Crippen LogP contribution in [0.25, 0.3) is 33.7 Å². The first-order chi connectivity index (χ1) is 15.8. The van der Waals surface area contributed by atoms with Crippen LogP contribution >= 0.6 is 0 Å². The molecule has 13 heteroatoms. The number of nitrogens with one attached hydrogen (secondary N) is 3. The molecule has 0 radical (unpaired) electrons. The first-order valence-electron chi connectivity index (χ1n) is 9.98. The molecule has 10 nitrogen and oxygen atoms in total. The Labute approximate surface area is 187 Å². The zero-order valence-electron chi connectivity index (χ0n) is 17.4. The predicted molar refractivity (Wildman–Crippen MR) is 115 cm³/mol. The molecule has 1 aromatic carbocycles. The average Bonchev–Trinajstić information content (AvgIpc) is 3.21. The van der Waals surface area contributed by atoms with Gasteiger partial charge in [0.2, 0.25) is 10.0 Å². The molecule has 0 amide bonds. The number of rotatable bonds is 5. The number of halogens is 2. The molecule has 5 rings (SSSR count). The quantitative estimate of drug-likeness (QED) is 0.397. The summed E-state index contributed by atoms with van der Waals surface area (Å²) in [4.78, 5) is 16.8. The summed E-state index contributed by atoms with van der Waals surface area (Å²) in [7, 11) is -3.38. The summed E-state index contributed by atoms with van der Waals surface area (Å²) in [5, 5.41) is 10.1. The lowest BCUT2D eigenvalue weighted by Crippen LogP contribution is -2.25. The Morgan fingerprint density at radius 2 is 1.94 bits per heavy atom. The number of aromatic amines is 1. The van der Waals surface area contributed by atoms with Gasteiger partial charge in [0.05, 0.1) is 24.6 Å². The van der Waals surface area contributed by atoms with Gasteiger partial charge in [-0.1, -0.05) is 0 Å². The highest BCUT2D eigenvalue weighted by Gasteiger charge is 2.24. The maximum Gasteiger partial charge on any atom is 0.209 e. The summed E-state index contributed by atoms with van der Waals surface area (Å²) < 4.78 is 54.8. The van der Waals surface area contributed by atoms with Gasteiger partial charge in [-0.2, -0.15) is 5.10 Å². The van der Waals surface area contributed by atoms with Crippen LogP contribution < -0.4 is 10.0 Å². The van der Waals surface area contributed by atoms with Crippen molar-refractivity contribution >= 4 is 21.1 Å². The molecule has 0 fully saturated rings. The van der Waals surface area contributed by atoms with Gasteiger partial charge in [0, 0.05) is 30.1 Å². The molecule has 0 atom stereocenters. The summed E-state index contributed by atoms with van der Waals surface area (Å²) in [5.41, 5.74) is 2.45. The maximum absolute atomic E-state index is 15.2. The van der Waals surface area contributed by atoms with Crippen molar-refractivity contribution in [1.29, 1.82) is 0 Å². The van der Waals surface area contributed by atoms with Crippen LogP contribution in [0.1, 0.15) is 17.0 Å². The van der Waals surface area contributed by atoms with Crippen molar-refractivity contribution in [1.82, 2.24) is 40.2 Å². The monoisotopic (exact) mass is 472 g/mol. The van der Waals surface area contributed by atoms with Crippen LogP contribution in [0.4, 0.5) is 8.78 Å². The van der Waals surface area contributed by atoms with Crippen molar-refractivity contribution in [2.24, 2.45) is 0 Å². The molecule has 0 bridgehead atoms. The number of nitrogens with zero attached hydrogens (tertiary/aromatic N) is 5. The number of sulfonamides is 1. The van der Waals surface area contributed by atoms with Crippen molar-refractivity contribution in [3.63, 3.8) is 0 Å². The lowest BCUT2D eigenvalue weighted by molar-refractivity contribution is 0.542. The second kappa shape index (κ2) is 8.17. The third-order valence-electron chi connectivity index (χ3n) is 5.28. The van der Waals surface area contributed by atoms with Crippen molar-refractivity contribution < 1.29 is 17.2 Å². The van der Waals surface area contributed by atoms with Crippen LogP contribution in [0.5, 0.6) is 0 Å². The van der Waals surface area contributed by atoms with Gasteiger partial charge >= 0.3 is 0 Å². The Hall–Kier alpha value is -3.42. The fraction of sp³-hybridized carbons (Fsp3) is 0.250. The van der Waals surface area contributed by atoms with E-state index in [2.05, 4.69) is 40.2 Å². The molecule has 0 saturated carbocycles. The number of benzene rings is 1. The van der Waals surface area contributed by atoms with Gasteiger partial charge in [-0.3, -0.25) is 5.10 Å². The average molecular weight is 472 g/mol.